The molecule has 0 fully saturated rings. The number of benzene rings is 1. The lowest BCUT2D eigenvalue weighted by Gasteiger charge is -2.15. The molecule has 8 nitrogen and oxygen atoms in total. The SMILES string of the molecule is C[C@H](NC(=O)NCc1nnc2ccccn12)c1ccc2c(c1)OCO2. The number of fused-ring (bicyclic) bond motifs is 2. The summed E-state index contributed by atoms with van der Waals surface area (Å²) in [5, 5.41) is 13.8. The molecule has 0 radical (unpaired) electrons. The number of hydrogen-bond acceptors (Lipinski definition) is 5. The number of carbonyl (C=O) groups excluding carboxylic acids is 1. The smallest absolute Gasteiger partial charge is 0.315 e. The van der Waals surface area contributed by atoms with Crippen LogP contribution in [0, 0.1) is 0 Å². The highest BCUT2D eigenvalue weighted by molar-refractivity contribution is 5.74. The first-order valence-corrected chi connectivity index (χ1v) is 7.93. The van der Waals surface area contributed by atoms with Crippen molar-refractivity contribution in [2.75, 3.05) is 6.79 Å². The van der Waals surface area contributed by atoms with Crippen molar-refractivity contribution in [2.24, 2.45) is 0 Å². The Balaban J connectivity index is 1.37. The Morgan fingerprint density at radius 1 is 1.24 bits per heavy atom. The summed E-state index contributed by atoms with van der Waals surface area (Å²) in [5.41, 5.74) is 1.68. The highest BCUT2D eigenvalue weighted by atomic mass is 16.7. The second-order valence-corrected chi connectivity index (χ2v) is 5.71. The maximum atomic E-state index is 12.2. The molecule has 0 aliphatic carbocycles. The average Bonchev–Trinajstić information content (AvgIpc) is 3.26. The van der Waals surface area contributed by atoms with Gasteiger partial charge in [-0.3, -0.25) is 4.40 Å². The lowest BCUT2D eigenvalue weighted by molar-refractivity contribution is 0.174. The molecule has 1 aromatic carbocycles. The molecule has 128 valence electrons. The number of carbonyl (C=O) groups is 1. The van der Waals surface area contributed by atoms with E-state index in [2.05, 4.69) is 20.8 Å². The standard InChI is InChI=1S/C17H17N5O3/c1-11(12-5-6-13-14(8-12)25-10-24-13)19-17(23)18-9-16-21-20-15-4-2-3-7-22(15)16/h2-8,11H,9-10H2,1H3,(H2,18,19,23)/t11-/m0/s1. The Labute approximate surface area is 143 Å². The third-order valence-electron chi connectivity index (χ3n) is 4.04. The van der Waals surface area contributed by atoms with Crippen LogP contribution < -0.4 is 20.1 Å². The lowest BCUT2D eigenvalue weighted by atomic mass is 10.1. The van der Waals surface area contributed by atoms with Crippen molar-refractivity contribution >= 4 is 11.7 Å². The zero-order valence-corrected chi connectivity index (χ0v) is 13.6. The van der Waals surface area contributed by atoms with E-state index >= 15 is 0 Å². The Bertz CT molecular complexity index is 924. The number of amides is 2. The molecule has 0 spiro atoms. The zero-order valence-electron chi connectivity index (χ0n) is 13.6. The summed E-state index contributed by atoms with van der Waals surface area (Å²) in [7, 11) is 0. The number of urea groups is 1. The summed E-state index contributed by atoms with van der Waals surface area (Å²) in [5.74, 6) is 2.09. The molecule has 0 saturated carbocycles. The fourth-order valence-corrected chi connectivity index (χ4v) is 2.68. The van der Waals surface area contributed by atoms with Crippen molar-refractivity contribution in [3.8, 4) is 11.5 Å². The molecule has 0 saturated heterocycles. The molecule has 4 rings (SSSR count). The summed E-state index contributed by atoms with van der Waals surface area (Å²) in [6.07, 6.45) is 1.86. The fourth-order valence-electron chi connectivity index (χ4n) is 2.68. The van der Waals surface area contributed by atoms with Crippen LogP contribution in [0.3, 0.4) is 0 Å². The van der Waals surface area contributed by atoms with Gasteiger partial charge in [0.2, 0.25) is 6.79 Å². The molecule has 1 atom stereocenters. The second-order valence-electron chi connectivity index (χ2n) is 5.71. The predicted octanol–water partition coefficient (Wildman–Crippen LogP) is 2.02. The van der Waals surface area contributed by atoms with Crippen molar-refractivity contribution in [1.82, 2.24) is 25.2 Å². The van der Waals surface area contributed by atoms with Crippen LogP contribution >= 0.6 is 0 Å². The van der Waals surface area contributed by atoms with E-state index in [0.29, 0.717) is 11.6 Å². The van der Waals surface area contributed by atoms with Crippen LogP contribution in [0.2, 0.25) is 0 Å². The summed E-state index contributed by atoms with van der Waals surface area (Å²) < 4.78 is 12.5. The minimum Gasteiger partial charge on any atom is -0.454 e. The summed E-state index contributed by atoms with van der Waals surface area (Å²) in [6.45, 7) is 2.42. The van der Waals surface area contributed by atoms with Gasteiger partial charge in [-0.2, -0.15) is 0 Å². The number of nitrogens with one attached hydrogen (secondary N) is 2. The summed E-state index contributed by atoms with van der Waals surface area (Å²) in [6, 6.07) is 10.8. The van der Waals surface area contributed by atoms with Crippen LogP contribution in [0.1, 0.15) is 24.4 Å². The largest absolute Gasteiger partial charge is 0.454 e. The number of ether oxygens (including phenoxy) is 2. The molecule has 2 N–H and O–H groups in total. The molecule has 2 aromatic heterocycles. The zero-order chi connectivity index (χ0) is 17.2. The molecule has 8 heteroatoms. The van der Waals surface area contributed by atoms with E-state index < -0.39 is 0 Å². The van der Waals surface area contributed by atoms with Crippen LogP contribution in [0.5, 0.6) is 11.5 Å². The maximum Gasteiger partial charge on any atom is 0.315 e. The fraction of sp³-hybridized carbons (Fsp3) is 0.235. The van der Waals surface area contributed by atoms with Gasteiger partial charge in [0.05, 0.1) is 12.6 Å². The van der Waals surface area contributed by atoms with E-state index in [1.165, 1.54) is 0 Å². The van der Waals surface area contributed by atoms with Gasteiger partial charge in [0, 0.05) is 6.20 Å². The van der Waals surface area contributed by atoms with E-state index in [9.17, 15) is 4.79 Å². The van der Waals surface area contributed by atoms with E-state index in [-0.39, 0.29) is 25.4 Å². The molecular formula is C17H17N5O3. The topological polar surface area (TPSA) is 89.8 Å². The monoisotopic (exact) mass is 339 g/mol. The van der Waals surface area contributed by atoms with Gasteiger partial charge in [-0.1, -0.05) is 12.1 Å². The third-order valence-corrected chi connectivity index (χ3v) is 4.04. The maximum absolute atomic E-state index is 12.2. The van der Waals surface area contributed by atoms with Crippen LogP contribution in [0.15, 0.2) is 42.6 Å². The average molecular weight is 339 g/mol. The van der Waals surface area contributed by atoms with Gasteiger partial charge in [-0.15, -0.1) is 10.2 Å². The summed E-state index contributed by atoms with van der Waals surface area (Å²) >= 11 is 0. The van der Waals surface area contributed by atoms with Gasteiger partial charge < -0.3 is 20.1 Å². The molecule has 1 aliphatic rings. The van der Waals surface area contributed by atoms with E-state index in [1.54, 1.807) is 0 Å². The Morgan fingerprint density at radius 2 is 2.12 bits per heavy atom. The van der Waals surface area contributed by atoms with Crippen molar-refractivity contribution in [2.45, 2.75) is 19.5 Å². The van der Waals surface area contributed by atoms with Gasteiger partial charge in [-0.05, 0) is 36.8 Å². The Morgan fingerprint density at radius 3 is 3.04 bits per heavy atom. The van der Waals surface area contributed by atoms with Crippen molar-refractivity contribution in [1.29, 1.82) is 0 Å². The minimum atomic E-state index is -0.280. The predicted molar refractivity (Wildman–Crippen MR) is 89.3 cm³/mol. The quantitative estimate of drug-likeness (QED) is 0.759. The molecule has 2 amide bonds. The molecule has 0 unspecified atom stereocenters. The molecule has 0 bridgehead atoms. The highest BCUT2D eigenvalue weighted by Gasteiger charge is 2.17. The van der Waals surface area contributed by atoms with Crippen LogP contribution in [-0.4, -0.2) is 27.4 Å². The van der Waals surface area contributed by atoms with Gasteiger partial charge in [0.1, 0.15) is 0 Å². The first-order valence-electron chi connectivity index (χ1n) is 7.93. The normalized spacial score (nSPS) is 13.6. The van der Waals surface area contributed by atoms with Crippen molar-refractivity contribution < 1.29 is 14.3 Å². The molecule has 3 aromatic rings. The number of nitrogens with zero attached hydrogens (tertiary/aromatic N) is 3. The van der Waals surface area contributed by atoms with E-state index in [0.717, 1.165) is 17.0 Å². The van der Waals surface area contributed by atoms with Crippen LogP contribution in [0.25, 0.3) is 5.65 Å². The number of aromatic nitrogens is 3. The van der Waals surface area contributed by atoms with Gasteiger partial charge in [0.25, 0.3) is 0 Å². The van der Waals surface area contributed by atoms with Crippen LogP contribution in [-0.2, 0) is 6.54 Å². The molecule has 1 aliphatic heterocycles. The van der Waals surface area contributed by atoms with Crippen molar-refractivity contribution in [3.05, 3.63) is 54.0 Å². The Hall–Kier alpha value is -3.29. The van der Waals surface area contributed by atoms with Gasteiger partial charge >= 0.3 is 6.03 Å². The number of hydrogen-bond donors (Lipinski definition) is 2. The van der Waals surface area contributed by atoms with Gasteiger partial charge in [0.15, 0.2) is 23.0 Å². The van der Waals surface area contributed by atoms with Gasteiger partial charge in [-0.25, -0.2) is 4.79 Å². The minimum absolute atomic E-state index is 0.176. The third kappa shape index (κ3) is 3.06. The van der Waals surface area contributed by atoms with E-state index in [4.69, 9.17) is 9.47 Å². The highest BCUT2D eigenvalue weighted by Crippen LogP contribution is 2.34. The molecular weight excluding hydrogens is 322 g/mol. The number of pyridine rings is 1. The first kappa shape index (κ1) is 15.3. The Kier molecular flexibility index (Phi) is 3.85. The molecule has 3 heterocycles. The van der Waals surface area contributed by atoms with Crippen LogP contribution in [0.4, 0.5) is 4.79 Å². The number of rotatable bonds is 4. The molecule has 25 heavy (non-hydrogen) atoms. The lowest BCUT2D eigenvalue weighted by Crippen LogP contribution is -2.37. The van der Waals surface area contributed by atoms with Crippen molar-refractivity contribution in [3.63, 3.8) is 0 Å². The second kappa shape index (κ2) is 6.31. The summed E-state index contributed by atoms with van der Waals surface area (Å²) in [4.78, 5) is 12.2. The first-order chi connectivity index (χ1) is 12.2. The van der Waals surface area contributed by atoms with E-state index in [1.807, 2.05) is 53.9 Å².